The lowest BCUT2D eigenvalue weighted by Crippen LogP contribution is -2.59. The Morgan fingerprint density at radius 1 is 0.656 bits per heavy atom. The van der Waals surface area contributed by atoms with Gasteiger partial charge in [-0.05, 0) is 5.92 Å². The monoisotopic (exact) mass is 462 g/mol. The molecule has 0 aliphatic rings. The first-order valence-electron chi connectivity index (χ1n) is 9.20. The Labute approximate surface area is 181 Å². The molecule has 180 valence electrons. The van der Waals surface area contributed by atoms with Gasteiger partial charge in [0.15, 0.2) is 0 Å². The molecule has 9 N–H and O–H groups in total. The summed E-state index contributed by atoms with van der Waals surface area (Å²) >= 11 is 0. The van der Waals surface area contributed by atoms with Gasteiger partial charge >= 0.3 is 23.9 Å². The van der Waals surface area contributed by atoms with Crippen LogP contribution < -0.4 is 21.7 Å². The van der Waals surface area contributed by atoms with Crippen LogP contribution in [0.5, 0.6) is 0 Å². The van der Waals surface area contributed by atoms with Crippen LogP contribution in [0, 0.1) is 5.92 Å². The van der Waals surface area contributed by atoms with Gasteiger partial charge in [0, 0.05) is 0 Å². The number of aliphatic carboxylic acids is 4. The Morgan fingerprint density at radius 2 is 1.09 bits per heavy atom. The normalized spacial score (nSPS) is 14.4. The average Bonchev–Trinajstić information content (AvgIpc) is 2.62. The van der Waals surface area contributed by atoms with Gasteiger partial charge in [-0.2, -0.15) is 0 Å². The summed E-state index contributed by atoms with van der Waals surface area (Å²) in [6.45, 7) is 2.99. The molecule has 0 radical (unpaired) electrons. The van der Waals surface area contributed by atoms with Crippen molar-refractivity contribution in [3.63, 3.8) is 0 Å². The molecule has 0 spiro atoms. The minimum absolute atomic E-state index is 0.608. The fraction of sp³-hybridized carbons (Fsp3) is 0.588. The number of hydrogen-bond donors (Lipinski definition) is 8. The van der Waals surface area contributed by atoms with E-state index in [1.54, 1.807) is 0 Å². The van der Waals surface area contributed by atoms with E-state index < -0.39 is 90.9 Å². The second-order valence-corrected chi connectivity index (χ2v) is 7.09. The largest absolute Gasteiger partial charge is 0.481 e. The fourth-order valence-corrected chi connectivity index (χ4v) is 2.37. The number of nitrogens with one attached hydrogen (secondary N) is 3. The zero-order chi connectivity index (χ0) is 25.2. The van der Waals surface area contributed by atoms with Crippen LogP contribution in [-0.2, 0) is 33.6 Å². The number of carboxylic acids is 4. The van der Waals surface area contributed by atoms with Crippen LogP contribution in [0.4, 0.5) is 0 Å². The third-order valence-corrected chi connectivity index (χ3v) is 3.98. The summed E-state index contributed by atoms with van der Waals surface area (Å²) < 4.78 is 0. The molecule has 32 heavy (non-hydrogen) atoms. The molecule has 0 aliphatic heterocycles. The lowest BCUT2D eigenvalue weighted by Gasteiger charge is -2.26. The molecule has 0 fully saturated rings. The SMILES string of the molecule is CC(C)C(NC(=O)C(N)CC(=O)O)C(=O)NC(CC(=O)O)C(=O)NC(CC(=O)O)C(=O)O. The molecule has 4 unspecified atom stereocenters. The Bertz CT molecular complexity index is 768. The molecule has 0 heterocycles. The van der Waals surface area contributed by atoms with Crippen molar-refractivity contribution in [3.05, 3.63) is 0 Å². The first-order chi connectivity index (χ1) is 14.6. The number of amides is 3. The van der Waals surface area contributed by atoms with Gasteiger partial charge in [-0.1, -0.05) is 13.8 Å². The van der Waals surface area contributed by atoms with Crippen molar-refractivity contribution in [1.82, 2.24) is 16.0 Å². The van der Waals surface area contributed by atoms with E-state index in [1.807, 2.05) is 5.32 Å². The molecule has 0 aliphatic carbocycles. The lowest BCUT2D eigenvalue weighted by atomic mass is 10.0. The Hall–Kier alpha value is -3.75. The summed E-state index contributed by atoms with van der Waals surface area (Å²) in [4.78, 5) is 80.6. The maximum absolute atomic E-state index is 12.6. The number of rotatable bonds is 14. The first-order valence-corrected chi connectivity index (χ1v) is 9.20. The van der Waals surface area contributed by atoms with Crippen LogP contribution >= 0.6 is 0 Å². The predicted octanol–water partition coefficient (Wildman–Crippen LogP) is -3.07. The number of nitrogens with two attached hydrogens (primary N) is 1. The lowest BCUT2D eigenvalue weighted by molar-refractivity contribution is -0.148. The third-order valence-electron chi connectivity index (χ3n) is 3.98. The van der Waals surface area contributed by atoms with Crippen molar-refractivity contribution in [1.29, 1.82) is 0 Å². The third kappa shape index (κ3) is 10.3. The predicted molar refractivity (Wildman–Crippen MR) is 103 cm³/mol. The summed E-state index contributed by atoms with van der Waals surface area (Å²) in [6.07, 6.45) is -2.70. The summed E-state index contributed by atoms with van der Waals surface area (Å²) in [6, 6.07) is -6.52. The molecule has 3 amide bonds. The van der Waals surface area contributed by atoms with E-state index >= 15 is 0 Å². The van der Waals surface area contributed by atoms with E-state index in [0.717, 1.165) is 0 Å². The number of carbonyl (C=O) groups excluding carboxylic acids is 3. The zero-order valence-electron chi connectivity index (χ0n) is 17.2. The van der Waals surface area contributed by atoms with Gasteiger partial charge < -0.3 is 42.1 Å². The summed E-state index contributed by atoms with van der Waals surface area (Å²) in [5.74, 6) is -10.0. The average molecular weight is 462 g/mol. The van der Waals surface area contributed by atoms with E-state index in [2.05, 4.69) is 10.6 Å². The highest BCUT2D eigenvalue weighted by Crippen LogP contribution is 2.06. The number of carbonyl (C=O) groups is 7. The molecule has 15 heteroatoms. The van der Waals surface area contributed by atoms with Gasteiger partial charge in [-0.15, -0.1) is 0 Å². The molecule has 0 bridgehead atoms. The van der Waals surface area contributed by atoms with Crippen LogP contribution in [0.3, 0.4) is 0 Å². The maximum atomic E-state index is 12.6. The van der Waals surface area contributed by atoms with Gasteiger partial charge in [-0.3, -0.25) is 28.8 Å². The fourth-order valence-electron chi connectivity index (χ4n) is 2.37. The highest BCUT2D eigenvalue weighted by molar-refractivity contribution is 5.96. The topological polar surface area (TPSA) is 263 Å². The van der Waals surface area contributed by atoms with E-state index in [4.69, 9.17) is 26.2 Å². The van der Waals surface area contributed by atoms with Crippen molar-refractivity contribution in [3.8, 4) is 0 Å². The van der Waals surface area contributed by atoms with Crippen LogP contribution in [0.1, 0.15) is 33.1 Å². The quantitative estimate of drug-likeness (QED) is 0.128. The summed E-state index contributed by atoms with van der Waals surface area (Å²) in [5, 5.41) is 41.6. The molecule has 0 aromatic heterocycles. The minimum Gasteiger partial charge on any atom is -0.481 e. The highest BCUT2D eigenvalue weighted by Gasteiger charge is 2.33. The molecular weight excluding hydrogens is 436 g/mol. The second-order valence-electron chi connectivity index (χ2n) is 7.09. The maximum Gasteiger partial charge on any atom is 0.326 e. The molecule has 0 aromatic rings. The van der Waals surface area contributed by atoms with Gasteiger partial charge in [-0.25, -0.2) is 4.79 Å². The van der Waals surface area contributed by atoms with Gasteiger partial charge in [0.1, 0.15) is 18.1 Å². The molecule has 0 aromatic carbocycles. The summed E-state index contributed by atoms with van der Waals surface area (Å²) in [5.41, 5.74) is 5.44. The number of hydrogen-bond acceptors (Lipinski definition) is 8. The van der Waals surface area contributed by atoms with Crippen molar-refractivity contribution >= 4 is 41.6 Å². The standard InChI is InChI=1S/C17H26N4O11/c1-6(2)13(21-14(28)7(18)3-10(22)23)16(30)19-8(4-11(24)25)15(29)20-9(17(31)32)5-12(26)27/h6-9,13H,3-5,18H2,1-2H3,(H,19,30)(H,20,29)(H,21,28)(H,22,23)(H,24,25)(H,26,27)(H,31,32). The van der Waals surface area contributed by atoms with E-state index in [-0.39, 0.29) is 0 Å². The minimum atomic E-state index is -1.89. The summed E-state index contributed by atoms with van der Waals surface area (Å²) in [7, 11) is 0. The molecule has 0 saturated carbocycles. The van der Waals surface area contributed by atoms with Crippen LogP contribution in [0.15, 0.2) is 0 Å². The molecule has 0 saturated heterocycles. The Balaban J connectivity index is 5.49. The molecule has 15 nitrogen and oxygen atoms in total. The van der Waals surface area contributed by atoms with Crippen molar-refractivity contribution in [2.24, 2.45) is 11.7 Å². The smallest absolute Gasteiger partial charge is 0.326 e. The van der Waals surface area contributed by atoms with Crippen molar-refractivity contribution in [2.45, 2.75) is 57.3 Å². The van der Waals surface area contributed by atoms with Gasteiger partial charge in [0.05, 0.1) is 25.3 Å². The van der Waals surface area contributed by atoms with Crippen LogP contribution in [-0.4, -0.2) is 86.2 Å². The van der Waals surface area contributed by atoms with E-state index in [0.29, 0.717) is 0 Å². The van der Waals surface area contributed by atoms with Crippen LogP contribution in [0.2, 0.25) is 0 Å². The first kappa shape index (κ1) is 28.2. The molecule has 0 rings (SSSR count). The van der Waals surface area contributed by atoms with Gasteiger partial charge in [0.25, 0.3) is 0 Å². The molecular formula is C17H26N4O11. The Morgan fingerprint density at radius 3 is 1.50 bits per heavy atom. The Kier molecular flexibility index (Phi) is 11.3. The number of carboxylic acid groups (broad SMARTS) is 4. The highest BCUT2D eigenvalue weighted by atomic mass is 16.4. The van der Waals surface area contributed by atoms with Crippen molar-refractivity contribution < 1.29 is 54.0 Å². The van der Waals surface area contributed by atoms with Crippen LogP contribution in [0.25, 0.3) is 0 Å². The molecule has 4 atom stereocenters. The van der Waals surface area contributed by atoms with E-state index in [1.165, 1.54) is 13.8 Å². The van der Waals surface area contributed by atoms with E-state index in [9.17, 15) is 33.6 Å². The van der Waals surface area contributed by atoms with Crippen molar-refractivity contribution in [2.75, 3.05) is 0 Å². The zero-order valence-corrected chi connectivity index (χ0v) is 17.2. The van der Waals surface area contributed by atoms with Gasteiger partial charge in [0.2, 0.25) is 17.7 Å². The second kappa shape index (κ2) is 12.8.